The summed E-state index contributed by atoms with van der Waals surface area (Å²) in [5.74, 6) is -0.607. The van der Waals surface area contributed by atoms with E-state index in [2.05, 4.69) is 10.3 Å². The average molecular weight is 262 g/mol. The van der Waals surface area contributed by atoms with Gasteiger partial charge in [-0.3, -0.25) is 9.78 Å². The number of amides is 1. The van der Waals surface area contributed by atoms with Crippen LogP contribution >= 0.6 is 0 Å². The molecule has 102 valence electrons. The normalized spacial score (nSPS) is 17.5. The molecule has 0 radical (unpaired) electrons. The molecular formula is C14H18N2O3. The van der Waals surface area contributed by atoms with Crippen molar-refractivity contribution >= 4 is 11.9 Å². The summed E-state index contributed by atoms with van der Waals surface area (Å²) in [7, 11) is 1.36. The fraction of sp³-hybridized carbons (Fsp3) is 0.500. The van der Waals surface area contributed by atoms with Crippen molar-refractivity contribution in [1.29, 1.82) is 0 Å². The van der Waals surface area contributed by atoms with Crippen LogP contribution < -0.4 is 5.32 Å². The molecule has 19 heavy (non-hydrogen) atoms. The average Bonchev–Trinajstić information content (AvgIpc) is 2.48. The predicted octanol–water partition coefficient (Wildman–Crippen LogP) is 1.69. The summed E-state index contributed by atoms with van der Waals surface area (Å²) < 4.78 is 4.86. The van der Waals surface area contributed by atoms with Gasteiger partial charge in [0, 0.05) is 18.0 Å². The highest BCUT2D eigenvalue weighted by molar-refractivity contribution is 5.98. The molecule has 1 aromatic rings. The van der Waals surface area contributed by atoms with Crippen molar-refractivity contribution in [1.82, 2.24) is 10.3 Å². The number of pyridine rings is 1. The zero-order valence-corrected chi connectivity index (χ0v) is 11.0. The predicted molar refractivity (Wildman–Crippen MR) is 69.5 cm³/mol. The molecule has 1 aliphatic carbocycles. The van der Waals surface area contributed by atoms with Crippen LogP contribution in [0.4, 0.5) is 0 Å². The molecule has 0 bridgehead atoms. The minimum atomic E-state index is -0.868. The van der Waals surface area contributed by atoms with Crippen LogP contribution in [0.2, 0.25) is 0 Å². The zero-order chi connectivity index (χ0) is 13.7. The molecule has 1 aromatic heterocycles. The van der Waals surface area contributed by atoms with Gasteiger partial charge in [-0.25, -0.2) is 4.79 Å². The van der Waals surface area contributed by atoms with Crippen LogP contribution in [0.1, 0.15) is 42.5 Å². The second-order valence-corrected chi connectivity index (χ2v) is 4.82. The number of methoxy groups -OCH3 is 1. The summed E-state index contributed by atoms with van der Waals surface area (Å²) in [6.45, 7) is 0. The van der Waals surface area contributed by atoms with Gasteiger partial charge in [-0.1, -0.05) is 19.3 Å². The van der Waals surface area contributed by atoms with Gasteiger partial charge >= 0.3 is 5.97 Å². The van der Waals surface area contributed by atoms with Gasteiger partial charge in [0.1, 0.15) is 5.54 Å². The van der Waals surface area contributed by atoms with Crippen LogP contribution in [-0.2, 0) is 9.53 Å². The van der Waals surface area contributed by atoms with Crippen LogP contribution in [0.3, 0.4) is 0 Å². The number of nitrogens with one attached hydrogen (secondary N) is 1. The first-order chi connectivity index (χ1) is 9.18. The van der Waals surface area contributed by atoms with Crippen molar-refractivity contribution in [3.63, 3.8) is 0 Å². The third-order valence-electron chi connectivity index (χ3n) is 3.58. The van der Waals surface area contributed by atoms with Crippen LogP contribution in [0.5, 0.6) is 0 Å². The SMILES string of the molecule is COC(=O)C1(NC(=O)c2ccncc2)CCCCC1. The van der Waals surface area contributed by atoms with E-state index in [1.807, 2.05) is 0 Å². The molecule has 0 unspecified atom stereocenters. The number of hydrogen-bond donors (Lipinski definition) is 1. The lowest BCUT2D eigenvalue weighted by molar-refractivity contribution is -0.149. The van der Waals surface area contributed by atoms with E-state index in [-0.39, 0.29) is 11.9 Å². The lowest BCUT2D eigenvalue weighted by Gasteiger charge is -2.35. The van der Waals surface area contributed by atoms with Gasteiger partial charge in [0.05, 0.1) is 7.11 Å². The summed E-state index contributed by atoms with van der Waals surface area (Å²) in [6.07, 6.45) is 7.31. The molecule has 5 nitrogen and oxygen atoms in total. The number of hydrogen-bond acceptors (Lipinski definition) is 4. The van der Waals surface area contributed by atoms with E-state index in [4.69, 9.17) is 4.74 Å². The molecule has 1 N–H and O–H groups in total. The Hall–Kier alpha value is -1.91. The number of carbonyl (C=O) groups excluding carboxylic acids is 2. The van der Waals surface area contributed by atoms with E-state index in [9.17, 15) is 9.59 Å². The Kier molecular flexibility index (Phi) is 4.14. The molecule has 0 aromatic carbocycles. The number of rotatable bonds is 3. The number of ether oxygens (including phenoxy) is 1. The number of aromatic nitrogens is 1. The summed E-state index contributed by atoms with van der Waals surface area (Å²) in [6, 6.07) is 3.26. The maximum Gasteiger partial charge on any atom is 0.331 e. The Labute approximate surface area is 112 Å². The topological polar surface area (TPSA) is 68.3 Å². The molecule has 0 spiro atoms. The Bertz CT molecular complexity index is 453. The van der Waals surface area contributed by atoms with Crippen LogP contribution in [0.15, 0.2) is 24.5 Å². The second kappa shape index (κ2) is 5.82. The Morgan fingerprint density at radius 3 is 2.42 bits per heavy atom. The van der Waals surface area contributed by atoms with Crippen molar-refractivity contribution < 1.29 is 14.3 Å². The first-order valence-corrected chi connectivity index (χ1v) is 6.49. The van der Waals surface area contributed by atoms with Gasteiger partial charge in [-0.05, 0) is 25.0 Å². The minimum absolute atomic E-state index is 0.255. The van der Waals surface area contributed by atoms with Crippen molar-refractivity contribution in [2.24, 2.45) is 0 Å². The summed E-state index contributed by atoms with van der Waals surface area (Å²) in [5.41, 5.74) is -0.364. The van der Waals surface area contributed by atoms with E-state index >= 15 is 0 Å². The van der Waals surface area contributed by atoms with E-state index in [1.54, 1.807) is 24.5 Å². The summed E-state index contributed by atoms with van der Waals surface area (Å²) in [4.78, 5) is 28.1. The molecular weight excluding hydrogens is 244 g/mol. The van der Waals surface area contributed by atoms with Crippen LogP contribution in [0, 0.1) is 0 Å². The van der Waals surface area contributed by atoms with Gasteiger partial charge in [0.25, 0.3) is 5.91 Å². The molecule has 1 heterocycles. The highest BCUT2D eigenvalue weighted by Crippen LogP contribution is 2.29. The zero-order valence-electron chi connectivity index (χ0n) is 11.0. The number of carbonyl (C=O) groups is 2. The van der Waals surface area contributed by atoms with Crippen molar-refractivity contribution in [2.45, 2.75) is 37.6 Å². The first-order valence-electron chi connectivity index (χ1n) is 6.49. The molecule has 2 rings (SSSR count). The van der Waals surface area contributed by atoms with Gasteiger partial charge in [-0.15, -0.1) is 0 Å². The van der Waals surface area contributed by atoms with Crippen LogP contribution in [-0.4, -0.2) is 29.5 Å². The standard InChI is InChI=1S/C14H18N2O3/c1-19-13(18)14(7-3-2-4-8-14)16-12(17)11-5-9-15-10-6-11/h5-6,9-10H,2-4,7-8H2,1H3,(H,16,17). The van der Waals surface area contributed by atoms with E-state index < -0.39 is 5.54 Å². The Balaban J connectivity index is 2.17. The first kappa shape index (κ1) is 13.5. The third kappa shape index (κ3) is 2.92. The van der Waals surface area contributed by atoms with E-state index in [0.717, 1.165) is 19.3 Å². The number of nitrogens with zero attached hydrogens (tertiary/aromatic N) is 1. The molecule has 5 heteroatoms. The third-order valence-corrected chi connectivity index (χ3v) is 3.58. The monoisotopic (exact) mass is 262 g/mol. The maximum atomic E-state index is 12.2. The number of esters is 1. The smallest absolute Gasteiger partial charge is 0.331 e. The molecule has 0 atom stereocenters. The van der Waals surface area contributed by atoms with Crippen LogP contribution in [0.25, 0.3) is 0 Å². The highest BCUT2D eigenvalue weighted by Gasteiger charge is 2.42. The highest BCUT2D eigenvalue weighted by atomic mass is 16.5. The van der Waals surface area contributed by atoms with Crippen molar-refractivity contribution in [2.75, 3.05) is 7.11 Å². The fourth-order valence-corrected chi connectivity index (χ4v) is 2.52. The fourth-order valence-electron chi connectivity index (χ4n) is 2.52. The molecule has 1 amide bonds. The molecule has 1 aliphatic rings. The summed E-state index contributed by atoms with van der Waals surface area (Å²) in [5, 5.41) is 2.86. The molecule has 0 saturated heterocycles. The second-order valence-electron chi connectivity index (χ2n) is 4.82. The van der Waals surface area contributed by atoms with Gasteiger partial charge in [-0.2, -0.15) is 0 Å². The Morgan fingerprint density at radius 1 is 1.21 bits per heavy atom. The van der Waals surface area contributed by atoms with Gasteiger partial charge in [0.15, 0.2) is 0 Å². The van der Waals surface area contributed by atoms with Crippen molar-refractivity contribution in [3.8, 4) is 0 Å². The van der Waals surface area contributed by atoms with Gasteiger partial charge < -0.3 is 10.1 Å². The lowest BCUT2D eigenvalue weighted by atomic mass is 9.81. The Morgan fingerprint density at radius 2 is 1.84 bits per heavy atom. The quantitative estimate of drug-likeness (QED) is 0.842. The van der Waals surface area contributed by atoms with Crippen molar-refractivity contribution in [3.05, 3.63) is 30.1 Å². The minimum Gasteiger partial charge on any atom is -0.467 e. The molecule has 1 saturated carbocycles. The maximum absolute atomic E-state index is 12.2. The van der Waals surface area contributed by atoms with Gasteiger partial charge in [0.2, 0.25) is 0 Å². The molecule has 0 aliphatic heterocycles. The van der Waals surface area contributed by atoms with E-state index in [0.29, 0.717) is 18.4 Å². The molecule has 1 fully saturated rings. The van der Waals surface area contributed by atoms with E-state index in [1.165, 1.54) is 7.11 Å². The summed E-state index contributed by atoms with van der Waals surface area (Å²) >= 11 is 0. The lowest BCUT2D eigenvalue weighted by Crippen LogP contribution is -2.56. The largest absolute Gasteiger partial charge is 0.467 e.